The van der Waals surface area contributed by atoms with E-state index in [1.807, 2.05) is 13.8 Å². The molecule has 1 aromatic carbocycles. The van der Waals surface area contributed by atoms with Crippen LogP contribution in [-0.4, -0.2) is 37.4 Å². The zero-order valence-electron chi connectivity index (χ0n) is 14.4. The van der Waals surface area contributed by atoms with Crippen molar-refractivity contribution < 1.29 is 23.4 Å². The number of hydrogen-bond donors (Lipinski definition) is 1. The highest BCUT2D eigenvalue weighted by Gasteiger charge is 2.43. The molecule has 2 heterocycles. The Hall–Kier alpha value is -1.66. The van der Waals surface area contributed by atoms with E-state index < -0.39 is 11.2 Å². The van der Waals surface area contributed by atoms with Gasteiger partial charge in [0, 0.05) is 51.2 Å². The normalized spacial score (nSPS) is 24.6. The molecule has 0 aliphatic carbocycles. The second-order valence-electron chi connectivity index (χ2n) is 7.08. The summed E-state index contributed by atoms with van der Waals surface area (Å²) >= 11 is 0. The molecule has 0 radical (unpaired) electrons. The maximum atomic E-state index is 13.5. The number of carbonyl (C=O) groups is 1. The number of ether oxygens (including phenoxy) is 3. The summed E-state index contributed by atoms with van der Waals surface area (Å²) in [6.45, 7) is 4.87. The third-order valence-electron chi connectivity index (χ3n) is 4.84. The third kappa shape index (κ3) is 3.26. The smallest absolute Gasteiger partial charge is 0.252 e. The van der Waals surface area contributed by atoms with Gasteiger partial charge in [-0.05, 0) is 19.9 Å². The van der Waals surface area contributed by atoms with Crippen LogP contribution in [0.5, 0.6) is 5.75 Å². The van der Waals surface area contributed by atoms with Crippen molar-refractivity contribution >= 4 is 5.91 Å². The van der Waals surface area contributed by atoms with Crippen molar-refractivity contribution in [1.29, 1.82) is 0 Å². The standard InChI is InChI=1S/C18H24FNO4/c1-17(2)11-14(13-5-4-12(19)10-15(13)24-17)20-16(21)18(22-3)6-8-23-9-7-18/h4-5,10,14H,6-9,11H2,1-3H3,(H,20,21). The van der Waals surface area contributed by atoms with Gasteiger partial charge < -0.3 is 19.5 Å². The first kappa shape index (κ1) is 17.2. The first-order valence-corrected chi connectivity index (χ1v) is 8.28. The number of amides is 1. The molecule has 0 aromatic heterocycles. The van der Waals surface area contributed by atoms with Gasteiger partial charge in [-0.15, -0.1) is 0 Å². The van der Waals surface area contributed by atoms with Crippen LogP contribution in [0.3, 0.4) is 0 Å². The van der Waals surface area contributed by atoms with Gasteiger partial charge in [0.2, 0.25) is 0 Å². The molecule has 0 saturated carbocycles. The minimum Gasteiger partial charge on any atom is -0.487 e. The number of hydrogen-bond acceptors (Lipinski definition) is 4. The average Bonchev–Trinajstić information content (AvgIpc) is 2.53. The predicted octanol–water partition coefficient (Wildman–Crippen LogP) is 2.74. The van der Waals surface area contributed by atoms with Crippen molar-refractivity contribution in [3.8, 4) is 5.75 Å². The Morgan fingerprint density at radius 3 is 2.71 bits per heavy atom. The summed E-state index contributed by atoms with van der Waals surface area (Å²) in [5, 5.41) is 3.09. The van der Waals surface area contributed by atoms with Gasteiger partial charge in [0.25, 0.3) is 5.91 Å². The maximum Gasteiger partial charge on any atom is 0.252 e. The molecular weight excluding hydrogens is 313 g/mol. The molecule has 132 valence electrons. The van der Waals surface area contributed by atoms with Crippen molar-refractivity contribution in [2.45, 2.75) is 50.4 Å². The van der Waals surface area contributed by atoms with Crippen LogP contribution < -0.4 is 10.1 Å². The van der Waals surface area contributed by atoms with Crippen molar-refractivity contribution in [1.82, 2.24) is 5.32 Å². The molecular formula is C18H24FNO4. The first-order chi connectivity index (χ1) is 11.4. The van der Waals surface area contributed by atoms with Gasteiger partial charge in [0.15, 0.2) is 5.60 Å². The highest BCUT2D eigenvalue weighted by Crippen LogP contribution is 2.40. The second-order valence-corrected chi connectivity index (χ2v) is 7.08. The van der Waals surface area contributed by atoms with Gasteiger partial charge in [-0.25, -0.2) is 4.39 Å². The molecule has 2 aliphatic heterocycles. The van der Waals surface area contributed by atoms with Crippen LogP contribution in [-0.2, 0) is 14.3 Å². The van der Waals surface area contributed by atoms with E-state index in [4.69, 9.17) is 14.2 Å². The number of rotatable bonds is 3. The van der Waals surface area contributed by atoms with E-state index in [9.17, 15) is 9.18 Å². The lowest BCUT2D eigenvalue weighted by Gasteiger charge is -2.40. The predicted molar refractivity (Wildman–Crippen MR) is 86.4 cm³/mol. The molecule has 1 atom stereocenters. The van der Waals surface area contributed by atoms with E-state index >= 15 is 0 Å². The monoisotopic (exact) mass is 337 g/mol. The molecule has 1 N–H and O–H groups in total. The summed E-state index contributed by atoms with van der Waals surface area (Å²) < 4.78 is 30.3. The number of benzene rings is 1. The summed E-state index contributed by atoms with van der Waals surface area (Å²) in [6, 6.07) is 4.19. The van der Waals surface area contributed by atoms with Crippen LogP contribution in [0.2, 0.25) is 0 Å². The highest BCUT2D eigenvalue weighted by atomic mass is 19.1. The van der Waals surface area contributed by atoms with Crippen molar-refractivity contribution in [3.63, 3.8) is 0 Å². The highest BCUT2D eigenvalue weighted by molar-refractivity contribution is 5.85. The summed E-state index contributed by atoms with van der Waals surface area (Å²) in [6.07, 6.45) is 1.66. The van der Waals surface area contributed by atoms with E-state index in [0.29, 0.717) is 38.2 Å². The van der Waals surface area contributed by atoms with E-state index in [2.05, 4.69) is 5.32 Å². The molecule has 24 heavy (non-hydrogen) atoms. The van der Waals surface area contributed by atoms with E-state index in [1.165, 1.54) is 12.1 Å². The molecule has 6 heteroatoms. The lowest BCUT2D eigenvalue weighted by Crippen LogP contribution is -2.53. The largest absolute Gasteiger partial charge is 0.487 e. The van der Waals surface area contributed by atoms with Crippen LogP contribution in [0.25, 0.3) is 0 Å². The lowest BCUT2D eigenvalue weighted by atomic mass is 9.87. The number of nitrogens with one attached hydrogen (secondary N) is 1. The molecule has 1 unspecified atom stereocenters. The van der Waals surface area contributed by atoms with Gasteiger partial charge in [-0.3, -0.25) is 4.79 Å². The molecule has 1 saturated heterocycles. The van der Waals surface area contributed by atoms with E-state index in [1.54, 1.807) is 13.2 Å². The summed E-state index contributed by atoms with van der Waals surface area (Å²) in [7, 11) is 1.56. The van der Waals surface area contributed by atoms with Crippen molar-refractivity contribution in [3.05, 3.63) is 29.6 Å². The zero-order valence-corrected chi connectivity index (χ0v) is 14.4. The van der Waals surface area contributed by atoms with E-state index in [0.717, 1.165) is 5.56 Å². The number of methoxy groups -OCH3 is 1. The fraction of sp³-hybridized carbons (Fsp3) is 0.611. The minimum atomic E-state index is -0.860. The van der Waals surface area contributed by atoms with E-state index in [-0.39, 0.29) is 17.8 Å². The van der Waals surface area contributed by atoms with Gasteiger partial charge >= 0.3 is 0 Å². The first-order valence-electron chi connectivity index (χ1n) is 8.28. The van der Waals surface area contributed by atoms with Crippen molar-refractivity contribution in [2.75, 3.05) is 20.3 Å². The molecule has 1 amide bonds. The Morgan fingerprint density at radius 2 is 2.04 bits per heavy atom. The fourth-order valence-corrected chi connectivity index (χ4v) is 3.47. The van der Waals surface area contributed by atoms with Crippen LogP contribution >= 0.6 is 0 Å². The van der Waals surface area contributed by atoms with Gasteiger partial charge in [0.1, 0.15) is 17.2 Å². The zero-order chi connectivity index (χ0) is 17.4. The average molecular weight is 337 g/mol. The number of carbonyl (C=O) groups excluding carboxylic acids is 1. The summed E-state index contributed by atoms with van der Waals surface area (Å²) in [5.74, 6) is -0.0180. The number of fused-ring (bicyclic) bond motifs is 1. The topological polar surface area (TPSA) is 56.8 Å². The molecule has 5 nitrogen and oxygen atoms in total. The second kappa shape index (κ2) is 6.33. The maximum absolute atomic E-state index is 13.5. The van der Waals surface area contributed by atoms with Crippen LogP contribution in [0.4, 0.5) is 4.39 Å². The lowest BCUT2D eigenvalue weighted by molar-refractivity contribution is -0.156. The van der Waals surface area contributed by atoms with Crippen LogP contribution in [0.1, 0.15) is 44.7 Å². The number of halogens is 1. The Bertz CT molecular complexity index is 625. The Labute approximate surface area is 141 Å². The SMILES string of the molecule is COC1(C(=O)NC2CC(C)(C)Oc3cc(F)ccc32)CCOCC1. The van der Waals surface area contributed by atoms with Crippen molar-refractivity contribution in [2.24, 2.45) is 0 Å². The summed E-state index contributed by atoms with van der Waals surface area (Å²) in [4.78, 5) is 12.9. The quantitative estimate of drug-likeness (QED) is 0.921. The molecule has 0 bridgehead atoms. The van der Waals surface area contributed by atoms with Gasteiger partial charge in [0.05, 0.1) is 6.04 Å². The minimum absolute atomic E-state index is 0.147. The Morgan fingerprint density at radius 1 is 1.33 bits per heavy atom. The molecule has 2 aliphatic rings. The molecule has 1 aromatic rings. The van der Waals surface area contributed by atoms with Crippen LogP contribution in [0, 0.1) is 5.82 Å². The van der Waals surface area contributed by atoms with Gasteiger partial charge in [-0.1, -0.05) is 6.07 Å². The molecule has 3 rings (SSSR count). The molecule has 1 fully saturated rings. The molecule has 0 spiro atoms. The van der Waals surface area contributed by atoms with Crippen LogP contribution in [0.15, 0.2) is 18.2 Å². The Kier molecular flexibility index (Phi) is 4.53. The Balaban J connectivity index is 1.85. The fourth-order valence-electron chi connectivity index (χ4n) is 3.47. The third-order valence-corrected chi connectivity index (χ3v) is 4.84. The van der Waals surface area contributed by atoms with Gasteiger partial charge in [-0.2, -0.15) is 0 Å². The summed E-state index contributed by atoms with van der Waals surface area (Å²) in [5.41, 5.74) is -0.558.